The second-order valence-electron chi connectivity index (χ2n) is 5.74. The molecule has 0 heterocycles. The van der Waals surface area contributed by atoms with Crippen molar-refractivity contribution in [1.29, 1.82) is 0 Å². The molecule has 1 aromatic carbocycles. The van der Waals surface area contributed by atoms with Crippen LogP contribution in [0.1, 0.15) is 42.5 Å². The Morgan fingerprint density at radius 1 is 1.04 bits per heavy atom. The largest absolute Gasteiger partial charge is 0.507 e. The van der Waals surface area contributed by atoms with Gasteiger partial charge in [-0.05, 0) is 32.8 Å². The van der Waals surface area contributed by atoms with Crippen LogP contribution in [0.3, 0.4) is 0 Å². The van der Waals surface area contributed by atoms with E-state index in [1.165, 1.54) is 0 Å². The van der Waals surface area contributed by atoms with Crippen LogP contribution in [0.2, 0.25) is 0 Å². The molecule has 0 aliphatic heterocycles. The molecule has 5 nitrogen and oxygen atoms in total. The first-order valence-electron chi connectivity index (χ1n) is 7.80. The molecule has 0 saturated carbocycles. The number of allylic oxidation sites excluding steroid dienone is 2. The molecule has 3 N–H and O–H groups in total. The van der Waals surface area contributed by atoms with E-state index in [-0.39, 0.29) is 19.0 Å². The van der Waals surface area contributed by atoms with Crippen LogP contribution in [0.5, 0.6) is 11.5 Å². The minimum atomic E-state index is -0.347. The molecular formula is C18H28O5. The summed E-state index contributed by atoms with van der Waals surface area (Å²) < 4.78 is 10.9. The van der Waals surface area contributed by atoms with Crippen molar-refractivity contribution in [2.45, 2.75) is 46.8 Å². The summed E-state index contributed by atoms with van der Waals surface area (Å²) in [5, 5.41) is 29.6. The molecule has 0 fully saturated rings. The van der Waals surface area contributed by atoms with E-state index in [4.69, 9.17) is 9.47 Å². The van der Waals surface area contributed by atoms with Gasteiger partial charge in [0, 0.05) is 36.8 Å². The summed E-state index contributed by atoms with van der Waals surface area (Å²) in [7, 11) is 1.63. The molecule has 1 aromatic rings. The maximum absolute atomic E-state index is 10.3. The predicted molar refractivity (Wildman–Crippen MR) is 89.8 cm³/mol. The minimum absolute atomic E-state index is 0.0259. The molecule has 0 spiro atoms. The Bertz CT molecular complexity index is 545. The standard InChI is InChI=1S/C18H28O5/c1-12(2)6-7-14-13(3)17(21)15(10-19)16(11-20)18(14)23-9-5-8-22-4/h6,19-21H,5,7-11H2,1-4H3. The van der Waals surface area contributed by atoms with Gasteiger partial charge in [-0.2, -0.15) is 0 Å². The second-order valence-corrected chi connectivity index (χ2v) is 5.74. The molecule has 5 heteroatoms. The topological polar surface area (TPSA) is 79.2 Å². The lowest BCUT2D eigenvalue weighted by Gasteiger charge is -2.21. The van der Waals surface area contributed by atoms with Crippen LogP contribution < -0.4 is 4.74 Å². The predicted octanol–water partition coefficient (Wildman–Crippen LogP) is 2.61. The van der Waals surface area contributed by atoms with Gasteiger partial charge >= 0.3 is 0 Å². The number of methoxy groups -OCH3 is 1. The molecule has 130 valence electrons. The Hall–Kier alpha value is -1.56. The van der Waals surface area contributed by atoms with Gasteiger partial charge in [0.15, 0.2) is 0 Å². The number of aliphatic hydroxyl groups is 2. The average Bonchev–Trinajstić information content (AvgIpc) is 2.53. The van der Waals surface area contributed by atoms with Gasteiger partial charge in [-0.1, -0.05) is 11.6 Å². The van der Waals surface area contributed by atoms with Crippen LogP contribution >= 0.6 is 0 Å². The fourth-order valence-corrected chi connectivity index (χ4v) is 2.44. The Balaban J connectivity index is 3.32. The van der Waals surface area contributed by atoms with Gasteiger partial charge in [0.2, 0.25) is 0 Å². The highest BCUT2D eigenvalue weighted by molar-refractivity contribution is 5.58. The van der Waals surface area contributed by atoms with Gasteiger partial charge in [0.1, 0.15) is 11.5 Å². The normalized spacial score (nSPS) is 10.7. The number of ether oxygens (including phenoxy) is 2. The van der Waals surface area contributed by atoms with E-state index in [1.807, 2.05) is 19.9 Å². The van der Waals surface area contributed by atoms with Gasteiger partial charge in [-0.25, -0.2) is 0 Å². The summed E-state index contributed by atoms with van der Waals surface area (Å²) in [5.74, 6) is 0.582. The lowest BCUT2D eigenvalue weighted by Crippen LogP contribution is -2.10. The smallest absolute Gasteiger partial charge is 0.129 e. The van der Waals surface area contributed by atoms with Crippen molar-refractivity contribution in [3.05, 3.63) is 33.9 Å². The molecule has 0 saturated heterocycles. The zero-order valence-electron chi connectivity index (χ0n) is 14.5. The number of aliphatic hydroxyl groups excluding tert-OH is 2. The fourth-order valence-electron chi connectivity index (χ4n) is 2.44. The lowest BCUT2D eigenvalue weighted by molar-refractivity contribution is 0.169. The van der Waals surface area contributed by atoms with Crippen molar-refractivity contribution in [3.63, 3.8) is 0 Å². The highest BCUT2D eigenvalue weighted by Crippen LogP contribution is 2.39. The van der Waals surface area contributed by atoms with Gasteiger partial charge in [-0.15, -0.1) is 0 Å². The van der Waals surface area contributed by atoms with E-state index in [0.717, 1.165) is 17.6 Å². The highest BCUT2D eigenvalue weighted by Gasteiger charge is 2.21. The minimum Gasteiger partial charge on any atom is -0.507 e. The monoisotopic (exact) mass is 324 g/mol. The zero-order valence-corrected chi connectivity index (χ0v) is 14.5. The summed E-state index contributed by atoms with van der Waals surface area (Å²) >= 11 is 0. The van der Waals surface area contributed by atoms with Crippen LogP contribution in [-0.2, 0) is 24.4 Å². The summed E-state index contributed by atoms with van der Waals surface area (Å²) in [6, 6.07) is 0. The molecule has 0 aliphatic carbocycles. The van der Waals surface area contributed by atoms with E-state index in [0.29, 0.717) is 42.1 Å². The van der Waals surface area contributed by atoms with Crippen molar-refractivity contribution >= 4 is 0 Å². The molecule has 23 heavy (non-hydrogen) atoms. The van der Waals surface area contributed by atoms with Crippen molar-refractivity contribution < 1.29 is 24.8 Å². The molecule has 0 atom stereocenters. The third-order valence-electron chi connectivity index (χ3n) is 3.78. The third-order valence-corrected chi connectivity index (χ3v) is 3.78. The van der Waals surface area contributed by atoms with Gasteiger partial charge in [0.05, 0.1) is 19.8 Å². The number of rotatable bonds is 9. The maximum Gasteiger partial charge on any atom is 0.129 e. The number of phenols is 1. The maximum atomic E-state index is 10.3. The number of benzene rings is 1. The Morgan fingerprint density at radius 2 is 1.70 bits per heavy atom. The molecule has 1 rings (SSSR count). The molecule has 0 bridgehead atoms. The summed E-state index contributed by atoms with van der Waals surface area (Å²) in [6.45, 7) is 6.18. The Kier molecular flexibility index (Phi) is 8.09. The number of hydrogen-bond donors (Lipinski definition) is 3. The highest BCUT2D eigenvalue weighted by atomic mass is 16.5. The fraction of sp³-hybridized carbons (Fsp3) is 0.556. The molecule has 0 aliphatic rings. The van der Waals surface area contributed by atoms with E-state index < -0.39 is 0 Å². The van der Waals surface area contributed by atoms with Gasteiger partial charge in [0.25, 0.3) is 0 Å². The van der Waals surface area contributed by atoms with Crippen LogP contribution in [0.25, 0.3) is 0 Å². The molecule has 0 radical (unpaired) electrons. The van der Waals surface area contributed by atoms with Crippen molar-refractivity contribution in [1.82, 2.24) is 0 Å². The van der Waals surface area contributed by atoms with E-state index >= 15 is 0 Å². The van der Waals surface area contributed by atoms with E-state index in [2.05, 4.69) is 0 Å². The summed E-state index contributed by atoms with van der Waals surface area (Å²) in [6.07, 6.45) is 3.36. The average molecular weight is 324 g/mol. The van der Waals surface area contributed by atoms with Crippen molar-refractivity contribution in [2.75, 3.05) is 20.3 Å². The lowest BCUT2D eigenvalue weighted by atomic mass is 9.94. The van der Waals surface area contributed by atoms with Gasteiger partial charge < -0.3 is 24.8 Å². The first-order valence-corrected chi connectivity index (χ1v) is 7.80. The van der Waals surface area contributed by atoms with E-state index in [1.54, 1.807) is 14.0 Å². The van der Waals surface area contributed by atoms with Crippen LogP contribution in [0, 0.1) is 6.92 Å². The quantitative estimate of drug-likeness (QED) is 0.481. The second kappa shape index (κ2) is 9.55. The number of aromatic hydroxyl groups is 1. The molecule has 0 aromatic heterocycles. The molecule has 0 unspecified atom stereocenters. The molecule has 0 amide bonds. The van der Waals surface area contributed by atoms with Crippen molar-refractivity contribution in [2.24, 2.45) is 0 Å². The van der Waals surface area contributed by atoms with E-state index in [9.17, 15) is 15.3 Å². The third kappa shape index (κ3) is 4.96. The first-order chi connectivity index (χ1) is 11.0. The summed E-state index contributed by atoms with van der Waals surface area (Å²) in [5.41, 5.74) is 3.44. The Labute approximate surface area is 138 Å². The molecular weight excluding hydrogens is 296 g/mol. The SMILES string of the molecule is COCCCOc1c(CC=C(C)C)c(C)c(O)c(CO)c1CO. The van der Waals surface area contributed by atoms with Gasteiger partial charge in [-0.3, -0.25) is 0 Å². The summed E-state index contributed by atoms with van der Waals surface area (Å²) in [4.78, 5) is 0. The van der Waals surface area contributed by atoms with Crippen LogP contribution in [0.15, 0.2) is 11.6 Å². The van der Waals surface area contributed by atoms with Crippen LogP contribution in [0.4, 0.5) is 0 Å². The van der Waals surface area contributed by atoms with Crippen molar-refractivity contribution in [3.8, 4) is 11.5 Å². The first kappa shape index (κ1) is 19.5. The Morgan fingerprint density at radius 3 is 2.22 bits per heavy atom. The van der Waals surface area contributed by atoms with Crippen LogP contribution in [-0.4, -0.2) is 35.6 Å². The zero-order chi connectivity index (χ0) is 17.4. The number of hydrogen-bond acceptors (Lipinski definition) is 5.